The summed E-state index contributed by atoms with van der Waals surface area (Å²) in [4.78, 5) is 34.3. The Morgan fingerprint density at radius 3 is 1.74 bits per heavy atom. The molecule has 0 radical (unpaired) electrons. The number of hydrogen-bond acceptors (Lipinski definition) is 6. The van der Waals surface area contributed by atoms with Crippen LogP contribution in [-0.4, -0.2) is 26.8 Å². The molecule has 0 aliphatic heterocycles. The van der Waals surface area contributed by atoms with E-state index in [0.29, 0.717) is 25.7 Å². The molecule has 0 saturated carbocycles. The third-order valence-electron chi connectivity index (χ3n) is 2.11. The molecule has 0 atom stereocenters. The van der Waals surface area contributed by atoms with Crippen LogP contribution in [0.15, 0.2) is 0 Å². The first kappa shape index (κ1) is 14.8. The molecule has 4 N–H and O–H groups in total. The number of hydrogen-bond donors (Lipinski definition) is 3. The van der Waals surface area contributed by atoms with Crippen LogP contribution < -0.4 is 16.4 Å². The van der Waals surface area contributed by atoms with E-state index < -0.39 is 0 Å². The predicted octanol–water partition coefficient (Wildman–Crippen LogP) is 0.931. The van der Waals surface area contributed by atoms with Crippen LogP contribution >= 0.6 is 0 Å². The summed E-state index contributed by atoms with van der Waals surface area (Å²) in [6.45, 7) is 3.77. The van der Waals surface area contributed by atoms with Gasteiger partial charge in [-0.1, -0.05) is 13.8 Å². The highest BCUT2D eigenvalue weighted by atomic mass is 16.2. The zero-order chi connectivity index (χ0) is 14.3. The van der Waals surface area contributed by atoms with Crippen molar-refractivity contribution in [1.82, 2.24) is 15.0 Å². The molecule has 0 aliphatic carbocycles. The number of carbonyl (C=O) groups excluding carboxylic acids is 2. The maximum absolute atomic E-state index is 11.4. The Hall–Kier alpha value is -2.25. The minimum atomic E-state index is -0.209. The molecule has 1 heterocycles. The van der Waals surface area contributed by atoms with Gasteiger partial charge in [0.15, 0.2) is 0 Å². The summed E-state index contributed by atoms with van der Waals surface area (Å²) < 4.78 is 0. The van der Waals surface area contributed by atoms with E-state index in [1.165, 1.54) is 0 Å². The number of rotatable bonds is 6. The second-order valence-electron chi connectivity index (χ2n) is 3.94. The van der Waals surface area contributed by atoms with Gasteiger partial charge in [0, 0.05) is 12.8 Å². The summed E-state index contributed by atoms with van der Waals surface area (Å²) >= 11 is 0. The first-order valence-electron chi connectivity index (χ1n) is 6.16. The molecule has 19 heavy (non-hydrogen) atoms. The van der Waals surface area contributed by atoms with E-state index in [9.17, 15) is 9.59 Å². The molecule has 8 nitrogen and oxygen atoms in total. The molecule has 0 saturated heterocycles. The lowest BCUT2D eigenvalue weighted by molar-refractivity contribution is -0.117. The summed E-state index contributed by atoms with van der Waals surface area (Å²) in [6, 6.07) is 0. The van der Waals surface area contributed by atoms with Gasteiger partial charge in [0.1, 0.15) is 0 Å². The fourth-order valence-corrected chi connectivity index (χ4v) is 1.33. The van der Waals surface area contributed by atoms with Gasteiger partial charge in [0.25, 0.3) is 0 Å². The van der Waals surface area contributed by atoms with E-state index in [0.717, 1.165) is 0 Å². The monoisotopic (exact) mass is 266 g/mol. The van der Waals surface area contributed by atoms with Gasteiger partial charge in [-0.15, -0.1) is 0 Å². The van der Waals surface area contributed by atoms with E-state index in [-0.39, 0.29) is 29.7 Å². The number of anilines is 3. The Balaban J connectivity index is 2.76. The highest BCUT2D eigenvalue weighted by molar-refractivity contribution is 5.90. The van der Waals surface area contributed by atoms with E-state index in [1.54, 1.807) is 0 Å². The zero-order valence-corrected chi connectivity index (χ0v) is 11.1. The van der Waals surface area contributed by atoms with E-state index in [1.807, 2.05) is 13.8 Å². The van der Waals surface area contributed by atoms with E-state index in [2.05, 4.69) is 25.6 Å². The molecule has 0 fully saturated rings. The zero-order valence-electron chi connectivity index (χ0n) is 11.1. The molecule has 0 spiro atoms. The Morgan fingerprint density at radius 2 is 1.37 bits per heavy atom. The Labute approximate surface area is 111 Å². The number of nitrogens with zero attached hydrogens (tertiary/aromatic N) is 3. The van der Waals surface area contributed by atoms with Crippen LogP contribution in [0.5, 0.6) is 0 Å². The number of aromatic nitrogens is 3. The van der Waals surface area contributed by atoms with Crippen LogP contribution in [0.3, 0.4) is 0 Å². The molecule has 0 unspecified atom stereocenters. The average Bonchev–Trinajstić information content (AvgIpc) is 2.28. The van der Waals surface area contributed by atoms with Crippen molar-refractivity contribution < 1.29 is 9.59 Å². The number of carbonyl (C=O) groups is 2. The van der Waals surface area contributed by atoms with Gasteiger partial charge in [-0.2, -0.15) is 15.0 Å². The average molecular weight is 266 g/mol. The molecule has 2 amide bonds. The summed E-state index contributed by atoms with van der Waals surface area (Å²) in [6.07, 6.45) is 2.16. The largest absolute Gasteiger partial charge is 0.368 e. The smallest absolute Gasteiger partial charge is 0.236 e. The van der Waals surface area contributed by atoms with Crippen LogP contribution in [0.1, 0.15) is 39.5 Å². The lowest BCUT2D eigenvalue weighted by Gasteiger charge is -2.06. The Kier molecular flexibility index (Phi) is 5.65. The normalized spacial score (nSPS) is 10.0. The maximum Gasteiger partial charge on any atom is 0.236 e. The third kappa shape index (κ3) is 5.28. The van der Waals surface area contributed by atoms with Crippen molar-refractivity contribution in [2.24, 2.45) is 0 Å². The van der Waals surface area contributed by atoms with Crippen LogP contribution in [0.25, 0.3) is 0 Å². The third-order valence-corrected chi connectivity index (χ3v) is 2.11. The standard InChI is InChI=1S/C11H18N6O2/c1-3-5-7(18)13-10-15-9(12)16-11(17-10)14-8(19)6-4-2/h3-6H2,1-2H3,(H4,12,13,14,15,16,17,18,19). The molecule has 0 bridgehead atoms. The van der Waals surface area contributed by atoms with Crippen molar-refractivity contribution in [3.05, 3.63) is 0 Å². The highest BCUT2D eigenvalue weighted by Crippen LogP contribution is 2.08. The first-order valence-corrected chi connectivity index (χ1v) is 6.16. The second-order valence-corrected chi connectivity index (χ2v) is 3.94. The van der Waals surface area contributed by atoms with E-state index in [4.69, 9.17) is 5.73 Å². The SMILES string of the molecule is CCCC(=O)Nc1nc(N)nc(NC(=O)CCC)n1. The van der Waals surface area contributed by atoms with Crippen LogP contribution in [0.4, 0.5) is 17.8 Å². The van der Waals surface area contributed by atoms with Crippen LogP contribution in [0, 0.1) is 0 Å². The van der Waals surface area contributed by atoms with Crippen molar-refractivity contribution in [2.75, 3.05) is 16.4 Å². The van der Waals surface area contributed by atoms with Gasteiger partial charge in [-0.05, 0) is 12.8 Å². The van der Waals surface area contributed by atoms with Crippen molar-refractivity contribution in [3.63, 3.8) is 0 Å². The lowest BCUT2D eigenvalue weighted by atomic mass is 10.3. The van der Waals surface area contributed by atoms with Crippen molar-refractivity contribution in [1.29, 1.82) is 0 Å². The number of amides is 2. The second kappa shape index (κ2) is 7.24. The van der Waals surface area contributed by atoms with Gasteiger partial charge in [0.05, 0.1) is 0 Å². The molecule has 1 aromatic rings. The van der Waals surface area contributed by atoms with Crippen LogP contribution in [0.2, 0.25) is 0 Å². The van der Waals surface area contributed by atoms with Crippen molar-refractivity contribution in [3.8, 4) is 0 Å². The topological polar surface area (TPSA) is 123 Å². The Morgan fingerprint density at radius 1 is 0.947 bits per heavy atom. The predicted molar refractivity (Wildman–Crippen MR) is 71.3 cm³/mol. The molecule has 1 rings (SSSR count). The molecular weight excluding hydrogens is 248 g/mol. The minimum absolute atomic E-state index is 0.0396. The highest BCUT2D eigenvalue weighted by Gasteiger charge is 2.09. The molecule has 8 heteroatoms. The van der Waals surface area contributed by atoms with Gasteiger partial charge < -0.3 is 5.73 Å². The van der Waals surface area contributed by atoms with E-state index >= 15 is 0 Å². The van der Waals surface area contributed by atoms with Crippen LogP contribution in [-0.2, 0) is 9.59 Å². The molecule has 0 aromatic carbocycles. The number of nitrogens with one attached hydrogen (secondary N) is 2. The summed E-state index contributed by atoms with van der Waals surface area (Å²) in [5.41, 5.74) is 5.49. The summed E-state index contributed by atoms with van der Waals surface area (Å²) in [5, 5.41) is 4.99. The van der Waals surface area contributed by atoms with Crippen molar-refractivity contribution in [2.45, 2.75) is 39.5 Å². The molecule has 1 aromatic heterocycles. The first-order chi connectivity index (χ1) is 9.05. The maximum atomic E-state index is 11.4. The van der Waals surface area contributed by atoms with Gasteiger partial charge in [-0.25, -0.2) is 0 Å². The van der Waals surface area contributed by atoms with Gasteiger partial charge in [0.2, 0.25) is 29.7 Å². The quantitative estimate of drug-likeness (QED) is 0.703. The van der Waals surface area contributed by atoms with Gasteiger partial charge >= 0.3 is 0 Å². The minimum Gasteiger partial charge on any atom is -0.368 e. The Bertz CT molecular complexity index is 424. The molecule has 104 valence electrons. The summed E-state index contributed by atoms with van der Waals surface area (Å²) in [7, 11) is 0. The summed E-state index contributed by atoms with van der Waals surface area (Å²) in [5.74, 6) is -0.401. The number of nitrogens with two attached hydrogens (primary N) is 1. The fraction of sp³-hybridized carbons (Fsp3) is 0.545. The molecular formula is C11H18N6O2. The lowest BCUT2D eigenvalue weighted by Crippen LogP contribution is -2.18. The van der Waals surface area contributed by atoms with Crippen molar-refractivity contribution >= 4 is 29.7 Å². The van der Waals surface area contributed by atoms with Gasteiger partial charge in [-0.3, -0.25) is 20.2 Å². The number of nitrogen functional groups attached to an aromatic ring is 1. The molecule has 0 aliphatic rings. The fourth-order valence-electron chi connectivity index (χ4n) is 1.33.